The van der Waals surface area contributed by atoms with Gasteiger partial charge in [0.1, 0.15) is 11.9 Å². The minimum atomic E-state index is -3.44. The van der Waals surface area contributed by atoms with Crippen LogP contribution in [0.1, 0.15) is 27.9 Å². The molecule has 0 atom stereocenters. The number of carbonyl (C=O) groups is 1. The molecule has 1 amide bonds. The molecular formula is C25H24N4O3S. The highest BCUT2D eigenvalue weighted by molar-refractivity contribution is 7.90. The lowest BCUT2D eigenvalue weighted by Gasteiger charge is -2.23. The normalized spacial score (nSPS) is 14.4. The van der Waals surface area contributed by atoms with E-state index in [1.165, 1.54) is 0 Å². The number of rotatable bonds is 5. The first-order chi connectivity index (χ1) is 16.0. The van der Waals surface area contributed by atoms with Crippen molar-refractivity contribution < 1.29 is 13.2 Å². The molecule has 7 nitrogen and oxygen atoms in total. The Bertz CT molecular complexity index is 1270. The fraction of sp³-hybridized carbons (Fsp3) is 0.240. The maximum absolute atomic E-state index is 13.1. The summed E-state index contributed by atoms with van der Waals surface area (Å²) in [5, 5.41) is 9.35. The average molecular weight is 461 g/mol. The predicted molar refractivity (Wildman–Crippen MR) is 125 cm³/mol. The number of amides is 1. The summed E-state index contributed by atoms with van der Waals surface area (Å²) >= 11 is 0. The van der Waals surface area contributed by atoms with E-state index < -0.39 is 9.84 Å². The molecule has 4 rings (SSSR count). The van der Waals surface area contributed by atoms with Gasteiger partial charge in [-0.05, 0) is 48.4 Å². The highest BCUT2D eigenvalue weighted by Crippen LogP contribution is 2.20. The highest BCUT2D eigenvalue weighted by Gasteiger charge is 2.22. The molecule has 0 spiro atoms. The third-order valence-electron chi connectivity index (χ3n) is 5.65. The van der Waals surface area contributed by atoms with Crippen LogP contribution < -0.4 is 4.90 Å². The van der Waals surface area contributed by atoms with E-state index in [1.807, 2.05) is 4.90 Å². The first-order valence-electron chi connectivity index (χ1n) is 10.7. The number of pyridine rings is 1. The Morgan fingerprint density at radius 2 is 1.70 bits per heavy atom. The van der Waals surface area contributed by atoms with Crippen molar-refractivity contribution in [3.63, 3.8) is 0 Å². The van der Waals surface area contributed by atoms with E-state index >= 15 is 0 Å². The Balaban J connectivity index is 1.42. The van der Waals surface area contributed by atoms with Crippen LogP contribution in [0.15, 0.2) is 77.8 Å². The molecule has 0 bridgehead atoms. The number of carbonyl (C=O) groups excluding carboxylic acids is 1. The number of sulfone groups is 1. The standard InChI is InChI=1S/C25H24N4O3S/c26-18-22-6-4-13-27-24(22)28-14-5-15-29(17-16-28)25(30)21-11-9-20(10-12-21)19-33(31,32)23-7-2-1-3-8-23/h1-4,6-13H,5,14-17,19H2. The number of nitrogens with zero attached hydrogens (tertiary/aromatic N) is 4. The van der Waals surface area contributed by atoms with E-state index in [1.54, 1.807) is 77.8 Å². The number of hydrogen-bond donors (Lipinski definition) is 0. The second-order valence-electron chi connectivity index (χ2n) is 7.89. The zero-order valence-electron chi connectivity index (χ0n) is 18.1. The molecular weight excluding hydrogens is 436 g/mol. The molecule has 0 radical (unpaired) electrons. The molecule has 0 aliphatic carbocycles. The summed E-state index contributed by atoms with van der Waals surface area (Å²) < 4.78 is 25.2. The summed E-state index contributed by atoms with van der Waals surface area (Å²) in [7, 11) is -3.44. The van der Waals surface area contributed by atoms with Gasteiger partial charge in [0.2, 0.25) is 0 Å². The highest BCUT2D eigenvalue weighted by atomic mass is 32.2. The number of anilines is 1. The molecule has 8 heteroatoms. The monoisotopic (exact) mass is 460 g/mol. The van der Waals surface area contributed by atoms with E-state index in [-0.39, 0.29) is 16.6 Å². The maximum atomic E-state index is 13.1. The van der Waals surface area contributed by atoms with E-state index in [0.717, 1.165) is 6.42 Å². The molecule has 0 unspecified atom stereocenters. The van der Waals surface area contributed by atoms with Gasteiger partial charge in [-0.3, -0.25) is 4.79 Å². The lowest BCUT2D eigenvalue weighted by atomic mass is 10.1. The van der Waals surface area contributed by atoms with Crippen LogP contribution in [0.25, 0.3) is 0 Å². The Labute approximate surface area is 193 Å². The van der Waals surface area contributed by atoms with Gasteiger partial charge in [-0.15, -0.1) is 0 Å². The van der Waals surface area contributed by atoms with Gasteiger partial charge in [-0.25, -0.2) is 13.4 Å². The number of hydrogen-bond acceptors (Lipinski definition) is 6. The van der Waals surface area contributed by atoms with Crippen LogP contribution in [0.4, 0.5) is 5.82 Å². The van der Waals surface area contributed by atoms with Crippen LogP contribution in [0.3, 0.4) is 0 Å². The summed E-state index contributed by atoms with van der Waals surface area (Å²) in [6, 6.07) is 20.8. The first kappa shape index (κ1) is 22.5. The van der Waals surface area contributed by atoms with Gasteiger partial charge in [-0.2, -0.15) is 5.26 Å². The Kier molecular flexibility index (Phi) is 6.71. The van der Waals surface area contributed by atoms with Gasteiger partial charge in [0.15, 0.2) is 9.84 Å². The van der Waals surface area contributed by atoms with Crippen LogP contribution >= 0.6 is 0 Å². The van der Waals surface area contributed by atoms with Gasteiger partial charge in [0, 0.05) is 37.9 Å². The predicted octanol–water partition coefficient (Wildman–Crippen LogP) is 3.28. The number of benzene rings is 2. The fourth-order valence-electron chi connectivity index (χ4n) is 3.93. The molecule has 168 valence electrons. The van der Waals surface area contributed by atoms with E-state index in [9.17, 15) is 18.5 Å². The lowest BCUT2D eigenvalue weighted by molar-refractivity contribution is 0.0767. The summed E-state index contributed by atoms with van der Waals surface area (Å²) in [6.45, 7) is 2.43. The van der Waals surface area contributed by atoms with Gasteiger partial charge in [0.25, 0.3) is 5.91 Å². The van der Waals surface area contributed by atoms with E-state index in [2.05, 4.69) is 11.1 Å². The van der Waals surface area contributed by atoms with Crippen molar-refractivity contribution in [3.8, 4) is 6.07 Å². The fourth-order valence-corrected chi connectivity index (χ4v) is 5.30. The number of aromatic nitrogens is 1. The molecule has 2 heterocycles. The Morgan fingerprint density at radius 3 is 2.42 bits per heavy atom. The van der Waals surface area contributed by atoms with Crippen LogP contribution in [0, 0.1) is 11.3 Å². The van der Waals surface area contributed by atoms with E-state index in [0.29, 0.717) is 48.7 Å². The van der Waals surface area contributed by atoms with Crippen molar-refractivity contribution in [1.29, 1.82) is 5.26 Å². The third-order valence-corrected chi connectivity index (χ3v) is 7.35. The molecule has 1 fully saturated rings. The van der Waals surface area contributed by atoms with Gasteiger partial charge < -0.3 is 9.80 Å². The topological polar surface area (TPSA) is 94.4 Å². The average Bonchev–Trinajstić information content (AvgIpc) is 3.11. The lowest BCUT2D eigenvalue weighted by Crippen LogP contribution is -2.35. The van der Waals surface area contributed by atoms with Crippen molar-refractivity contribution in [1.82, 2.24) is 9.88 Å². The van der Waals surface area contributed by atoms with E-state index in [4.69, 9.17) is 0 Å². The molecule has 2 aromatic carbocycles. The quantitative estimate of drug-likeness (QED) is 0.580. The van der Waals surface area contributed by atoms with Crippen LogP contribution in [-0.4, -0.2) is 50.4 Å². The molecule has 0 N–H and O–H groups in total. The summed E-state index contributed by atoms with van der Waals surface area (Å²) in [5.74, 6) is 0.448. The van der Waals surface area contributed by atoms with Crippen LogP contribution in [0.5, 0.6) is 0 Å². The first-order valence-corrected chi connectivity index (χ1v) is 12.4. The zero-order chi connectivity index (χ0) is 23.3. The summed E-state index contributed by atoms with van der Waals surface area (Å²) in [5.41, 5.74) is 1.69. The minimum Gasteiger partial charge on any atom is -0.354 e. The molecule has 33 heavy (non-hydrogen) atoms. The van der Waals surface area contributed by atoms with Gasteiger partial charge in [0.05, 0.1) is 16.2 Å². The largest absolute Gasteiger partial charge is 0.354 e. The van der Waals surface area contributed by atoms with Crippen molar-refractivity contribution in [2.75, 3.05) is 31.1 Å². The second-order valence-corrected chi connectivity index (χ2v) is 9.88. The minimum absolute atomic E-state index is 0.0872. The number of nitriles is 1. The molecule has 1 saturated heterocycles. The maximum Gasteiger partial charge on any atom is 0.253 e. The van der Waals surface area contributed by atoms with Crippen molar-refractivity contribution in [2.45, 2.75) is 17.1 Å². The second kappa shape index (κ2) is 9.84. The molecule has 1 aliphatic heterocycles. The Morgan fingerprint density at radius 1 is 0.939 bits per heavy atom. The van der Waals surface area contributed by atoms with Crippen molar-refractivity contribution >= 4 is 21.6 Å². The van der Waals surface area contributed by atoms with Crippen molar-refractivity contribution in [2.24, 2.45) is 0 Å². The molecule has 1 aliphatic rings. The summed E-state index contributed by atoms with van der Waals surface area (Å²) in [4.78, 5) is 21.5. The third kappa shape index (κ3) is 5.21. The molecule has 3 aromatic rings. The molecule has 0 saturated carbocycles. The smallest absolute Gasteiger partial charge is 0.253 e. The van der Waals surface area contributed by atoms with Crippen molar-refractivity contribution in [3.05, 3.63) is 89.6 Å². The Hall–Kier alpha value is -3.70. The summed E-state index contributed by atoms with van der Waals surface area (Å²) in [6.07, 6.45) is 2.43. The van der Waals surface area contributed by atoms with Gasteiger partial charge in [-0.1, -0.05) is 30.3 Å². The molecule has 1 aromatic heterocycles. The van der Waals surface area contributed by atoms with Crippen LogP contribution in [-0.2, 0) is 15.6 Å². The zero-order valence-corrected chi connectivity index (χ0v) is 18.9. The SMILES string of the molecule is N#Cc1cccnc1N1CCCN(C(=O)c2ccc(CS(=O)(=O)c3ccccc3)cc2)CC1. The van der Waals surface area contributed by atoms with Gasteiger partial charge >= 0.3 is 0 Å². The van der Waals surface area contributed by atoms with Crippen LogP contribution in [0.2, 0.25) is 0 Å².